The highest BCUT2D eigenvalue weighted by molar-refractivity contribution is 5.76. The van der Waals surface area contributed by atoms with Crippen molar-refractivity contribution in [2.75, 3.05) is 6.54 Å². The first-order valence-electron chi connectivity index (χ1n) is 6.17. The first kappa shape index (κ1) is 11.2. The van der Waals surface area contributed by atoms with Gasteiger partial charge in [-0.1, -0.05) is 37.3 Å². The van der Waals surface area contributed by atoms with Gasteiger partial charge in [-0.3, -0.25) is 4.79 Å². The maximum Gasteiger partial charge on any atom is 0.222 e. The van der Waals surface area contributed by atoms with E-state index in [-0.39, 0.29) is 5.91 Å². The van der Waals surface area contributed by atoms with Gasteiger partial charge in [0.2, 0.25) is 5.91 Å². The molecule has 1 aromatic rings. The van der Waals surface area contributed by atoms with Crippen LogP contribution in [0.15, 0.2) is 30.3 Å². The van der Waals surface area contributed by atoms with E-state index in [0.717, 1.165) is 19.4 Å². The molecule has 1 amide bonds. The molecule has 86 valence electrons. The predicted molar refractivity (Wildman–Crippen MR) is 65.0 cm³/mol. The molecule has 0 aliphatic carbocycles. The summed E-state index contributed by atoms with van der Waals surface area (Å²) >= 11 is 0. The van der Waals surface area contributed by atoms with Crippen LogP contribution >= 0.6 is 0 Å². The van der Waals surface area contributed by atoms with Gasteiger partial charge in [0.1, 0.15) is 0 Å². The second-order valence-corrected chi connectivity index (χ2v) is 4.36. The summed E-state index contributed by atoms with van der Waals surface area (Å²) in [5.41, 5.74) is 1.28. The molecule has 2 rings (SSSR count). The standard InChI is InChI=1S/C14H19NO/c1-2-14(16)15-11-7-6-10-13(15)12-8-4-3-5-9-12/h3-5,8-9,13H,2,6-7,10-11H2,1H3. The molecule has 0 saturated carbocycles. The maximum absolute atomic E-state index is 11.9. The smallest absolute Gasteiger partial charge is 0.222 e. The lowest BCUT2D eigenvalue weighted by atomic mass is 9.95. The average Bonchev–Trinajstić information content (AvgIpc) is 2.39. The minimum atomic E-state index is 0.286. The van der Waals surface area contributed by atoms with Crippen molar-refractivity contribution >= 4 is 5.91 Å². The lowest BCUT2D eigenvalue weighted by Gasteiger charge is -2.36. The summed E-state index contributed by atoms with van der Waals surface area (Å²) in [5.74, 6) is 0.286. The van der Waals surface area contributed by atoms with Gasteiger partial charge in [-0.25, -0.2) is 0 Å². The van der Waals surface area contributed by atoms with Crippen LogP contribution in [0.2, 0.25) is 0 Å². The maximum atomic E-state index is 11.9. The zero-order valence-corrected chi connectivity index (χ0v) is 9.86. The minimum Gasteiger partial charge on any atom is -0.336 e. The van der Waals surface area contributed by atoms with Crippen molar-refractivity contribution in [3.05, 3.63) is 35.9 Å². The summed E-state index contributed by atoms with van der Waals surface area (Å²) in [5, 5.41) is 0. The van der Waals surface area contributed by atoms with Gasteiger partial charge >= 0.3 is 0 Å². The van der Waals surface area contributed by atoms with E-state index >= 15 is 0 Å². The summed E-state index contributed by atoms with van der Waals surface area (Å²) in [4.78, 5) is 13.9. The molecule has 16 heavy (non-hydrogen) atoms. The van der Waals surface area contributed by atoms with Gasteiger partial charge in [0.05, 0.1) is 6.04 Å². The molecule has 1 atom stereocenters. The molecule has 0 bridgehead atoms. The van der Waals surface area contributed by atoms with E-state index in [9.17, 15) is 4.79 Å². The third kappa shape index (κ3) is 2.26. The minimum absolute atomic E-state index is 0.286. The monoisotopic (exact) mass is 217 g/mol. The molecule has 1 unspecified atom stereocenters. The second kappa shape index (κ2) is 5.15. The number of amides is 1. The van der Waals surface area contributed by atoms with Gasteiger partial charge in [-0.05, 0) is 24.8 Å². The lowest BCUT2D eigenvalue weighted by Crippen LogP contribution is -2.38. The average molecular weight is 217 g/mol. The molecule has 1 heterocycles. The number of nitrogens with zero attached hydrogens (tertiary/aromatic N) is 1. The Morgan fingerprint density at radius 2 is 2.06 bits per heavy atom. The molecule has 1 fully saturated rings. The van der Waals surface area contributed by atoms with E-state index in [0.29, 0.717) is 12.5 Å². The summed E-state index contributed by atoms with van der Waals surface area (Å²) < 4.78 is 0. The highest BCUT2D eigenvalue weighted by Crippen LogP contribution is 2.30. The van der Waals surface area contributed by atoms with Gasteiger partial charge in [-0.2, -0.15) is 0 Å². The molecule has 0 spiro atoms. The van der Waals surface area contributed by atoms with Gasteiger partial charge in [0.15, 0.2) is 0 Å². The molecule has 0 radical (unpaired) electrons. The normalized spacial score (nSPS) is 20.8. The van der Waals surface area contributed by atoms with Gasteiger partial charge in [-0.15, -0.1) is 0 Å². The van der Waals surface area contributed by atoms with Crippen molar-refractivity contribution in [2.24, 2.45) is 0 Å². The third-order valence-corrected chi connectivity index (χ3v) is 3.31. The van der Waals surface area contributed by atoms with Crippen LogP contribution in [0.25, 0.3) is 0 Å². The predicted octanol–water partition coefficient (Wildman–Crippen LogP) is 3.15. The van der Waals surface area contributed by atoms with Crippen LogP contribution in [0.4, 0.5) is 0 Å². The number of carbonyl (C=O) groups excluding carboxylic acids is 1. The molecule has 2 nitrogen and oxygen atoms in total. The lowest BCUT2D eigenvalue weighted by molar-refractivity contribution is -0.134. The van der Waals surface area contributed by atoms with E-state index in [2.05, 4.69) is 29.2 Å². The second-order valence-electron chi connectivity index (χ2n) is 4.36. The molecule has 2 heteroatoms. The number of rotatable bonds is 2. The van der Waals surface area contributed by atoms with Crippen LogP contribution in [0.5, 0.6) is 0 Å². The Hall–Kier alpha value is -1.31. The highest BCUT2D eigenvalue weighted by Gasteiger charge is 2.26. The number of hydrogen-bond donors (Lipinski definition) is 0. The largest absolute Gasteiger partial charge is 0.336 e. The molecular weight excluding hydrogens is 198 g/mol. The zero-order valence-electron chi connectivity index (χ0n) is 9.86. The van der Waals surface area contributed by atoms with E-state index in [4.69, 9.17) is 0 Å². The fraction of sp³-hybridized carbons (Fsp3) is 0.500. The Labute approximate surface area is 97.3 Å². The topological polar surface area (TPSA) is 20.3 Å². The van der Waals surface area contributed by atoms with E-state index in [1.807, 2.05) is 13.0 Å². The first-order valence-corrected chi connectivity index (χ1v) is 6.17. The van der Waals surface area contributed by atoms with Crippen molar-refractivity contribution in [1.29, 1.82) is 0 Å². The van der Waals surface area contributed by atoms with Crippen LogP contribution in [0.3, 0.4) is 0 Å². The molecule has 1 saturated heterocycles. The van der Waals surface area contributed by atoms with E-state index in [1.54, 1.807) is 0 Å². The number of benzene rings is 1. The van der Waals surface area contributed by atoms with Gasteiger partial charge < -0.3 is 4.90 Å². The molecular formula is C14H19NO. The number of carbonyl (C=O) groups is 1. The van der Waals surface area contributed by atoms with Crippen molar-refractivity contribution in [2.45, 2.75) is 38.6 Å². The van der Waals surface area contributed by atoms with Crippen molar-refractivity contribution in [1.82, 2.24) is 4.90 Å². The van der Waals surface area contributed by atoms with Gasteiger partial charge in [0.25, 0.3) is 0 Å². The number of likely N-dealkylation sites (tertiary alicyclic amines) is 1. The fourth-order valence-corrected chi connectivity index (χ4v) is 2.45. The Balaban J connectivity index is 2.20. The highest BCUT2D eigenvalue weighted by atomic mass is 16.2. The van der Waals surface area contributed by atoms with E-state index < -0.39 is 0 Å². The van der Waals surface area contributed by atoms with Crippen LogP contribution in [-0.2, 0) is 4.79 Å². The van der Waals surface area contributed by atoms with Crippen molar-refractivity contribution in [3.8, 4) is 0 Å². The molecule has 0 N–H and O–H groups in total. The van der Waals surface area contributed by atoms with Gasteiger partial charge in [0, 0.05) is 13.0 Å². The fourth-order valence-electron chi connectivity index (χ4n) is 2.45. The number of hydrogen-bond acceptors (Lipinski definition) is 1. The van der Waals surface area contributed by atoms with Crippen molar-refractivity contribution in [3.63, 3.8) is 0 Å². The van der Waals surface area contributed by atoms with Crippen LogP contribution < -0.4 is 0 Å². The Morgan fingerprint density at radius 3 is 2.75 bits per heavy atom. The molecule has 1 aliphatic rings. The Kier molecular flexibility index (Phi) is 3.60. The summed E-state index contributed by atoms with van der Waals surface area (Å²) in [7, 11) is 0. The Morgan fingerprint density at radius 1 is 1.31 bits per heavy atom. The summed E-state index contributed by atoms with van der Waals surface area (Å²) in [6, 6.07) is 10.7. The molecule has 1 aliphatic heterocycles. The van der Waals surface area contributed by atoms with Crippen LogP contribution in [0, 0.1) is 0 Å². The van der Waals surface area contributed by atoms with Crippen LogP contribution in [0.1, 0.15) is 44.2 Å². The molecule has 0 aromatic heterocycles. The molecule has 1 aromatic carbocycles. The quantitative estimate of drug-likeness (QED) is 0.745. The van der Waals surface area contributed by atoms with Crippen molar-refractivity contribution < 1.29 is 4.79 Å². The summed E-state index contributed by atoms with van der Waals surface area (Å²) in [6.07, 6.45) is 4.10. The van der Waals surface area contributed by atoms with E-state index in [1.165, 1.54) is 12.0 Å². The first-order chi connectivity index (χ1) is 7.83. The zero-order chi connectivity index (χ0) is 11.4. The summed E-state index contributed by atoms with van der Waals surface area (Å²) in [6.45, 7) is 2.87. The number of piperidine rings is 1. The third-order valence-electron chi connectivity index (χ3n) is 3.31. The SMILES string of the molecule is CCC(=O)N1CCCCC1c1ccccc1. The van der Waals surface area contributed by atoms with Crippen LogP contribution in [-0.4, -0.2) is 17.4 Å². The Bertz CT molecular complexity index is 347.